The number of nitrogens with one attached hydrogen (secondary N) is 2. The van der Waals surface area contributed by atoms with Gasteiger partial charge in [0.2, 0.25) is 0 Å². The minimum Gasteiger partial charge on any atom is -0.465 e. The highest BCUT2D eigenvalue weighted by molar-refractivity contribution is 7.18. The van der Waals surface area contributed by atoms with Gasteiger partial charge in [0.15, 0.2) is 0 Å². The van der Waals surface area contributed by atoms with E-state index in [0.717, 1.165) is 37.0 Å². The first-order chi connectivity index (χ1) is 17.0. The van der Waals surface area contributed by atoms with Crippen LogP contribution in [0.5, 0.6) is 0 Å². The molecule has 192 valence electrons. The van der Waals surface area contributed by atoms with Crippen molar-refractivity contribution in [2.45, 2.75) is 52.5 Å². The van der Waals surface area contributed by atoms with Gasteiger partial charge in [0.1, 0.15) is 0 Å². The van der Waals surface area contributed by atoms with Crippen LogP contribution in [0.25, 0.3) is 0 Å². The molecule has 2 heterocycles. The molecule has 0 saturated heterocycles. The number of amides is 4. The summed E-state index contributed by atoms with van der Waals surface area (Å²) in [5.74, 6) is -0.808. The molecule has 0 radical (unpaired) electrons. The average Bonchev–Trinajstić information content (AvgIpc) is 3.35. The fourth-order valence-corrected chi connectivity index (χ4v) is 6.30. The summed E-state index contributed by atoms with van der Waals surface area (Å²) < 4.78 is 0.484. The molecule has 0 spiro atoms. The van der Waals surface area contributed by atoms with Gasteiger partial charge < -0.3 is 15.7 Å². The zero-order valence-corrected chi connectivity index (χ0v) is 22.0. The number of halogens is 1. The number of fused-ring (bicyclic) bond motifs is 1. The van der Waals surface area contributed by atoms with Crippen molar-refractivity contribution >= 4 is 52.4 Å². The number of hydrogen-bond acceptors (Lipinski definition) is 5. The van der Waals surface area contributed by atoms with Crippen LogP contribution in [0.4, 0.5) is 10.5 Å². The maximum Gasteiger partial charge on any atom is 0.404 e. The van der Waals surface area contributed by atoms with Crippen molar-refractivity contribution < 1.29 is 24.3 Å². The van der Waals surface area contributed by atoms with E-state index in [1.165, 1.54) is 4.90 Å². The van der Waals surface area contributed by atoms with Crippen LogP contribution in [0, 0.1) is 17.3 Å². The van der Waals surface area contributed by atoms with Gasteiger partial charge in [-0.2, -0.15) is 0 Å². The fourth-order valence-electron chi connectivity index (χ4n) is 5.36. The van der Waals surface area contributed by atoms with Crippen LogP contribution in [-0.4, -0.2) is 46.4 Å². The van der Waals surface area contributed by atoms with Gasteiger partial charge in [-0.05, 0) is 67.2 Å². The van der Waals surface area contributed by atoms with Gasteiger partial charge in [0.05, 0.1) is 26.0 Å². The summed E-state index contributed by atoms with van der Waals surface area (Å²) in [7, 11) is 0. The van der Waals surface area contributed by atoms with E-state index in [1.54, 1.807) is 30.3 Å². The van der Waals surface area contributed by atoms with Crippen LogP contribution in [-0.2, 0) is 0 Å². The first kappa shape index (κ1) is 26.2. The maximum absolute atomic E-state index is 13.3. The van der Waals surface area contributed by atoms with Gasteiger partial charge in [0.25, 0.3) is 17.7 Å². The van der Waals surface area contributed by atoms with E-state index >= 15 is 0 Å². The molecule has 1 unspecified atom stereocenters. The number of benzene rings is 1. The molecular weight excluding hydrogens is 502 g/mol. The number of carbonyl (C=O) groups is 4. The van der Waals surface area contributed by atoms with E-state index in [2.05, 4.69) is 10.6 Å². The van der Waals surface area contributed by atoms with Crippen LogP contribution >= 0.6 is 22.9 Å². The molecule has 2 aliphatic rings. The topological polar surface area (TPSA) is 116 Å². The molecule has 2 aromatic rings. The van der Waals surface area contributed by atoms with E-state index in [0.29, 0.717) is 21.4 Å². The van der Waals surface area contributed by atoms with Crippen molar-refractivity contribution in [1.29, 1.82) is 0 Å². The molecular formula is C26H30ClN3O5S. The number of carbonyl (C=O) groups excluding carboxylic acids is 3. The molecule has 1 atom stereocenters. The highest BCUT2D eigenvalue weighted by Crippen LogP contribution is 2.38. The number of thiophene rings is 1. The van der Waals surface area contributed by atoms with Crippen LogP contribution in [0.1, 0.15) is 76.8 Å². The largest absolute Gasteiger partial charge is 0.465 e. The molecule has 0 bridgehead atoms. The zero-order valence-electron chi connectivity index (χ0n) is 20.5. The van der Waals surface area contributed by atoms with Gasteiger partial charge in [-0.15, -0.1) is 11.3 Å². The zero-order chi connectivity index (χ0) is 26.2. The Bertz CT molecular complexity index is 1200. The van der Waals surface area contributed by atoms with Crippen molar-refractivity contribution in [2.75, 3.05) is 11.9 Å². The summed E-state index contributed by atoms with van der Waals surface area (Å²) in [5.41, 5.74) is 0.590. The van der Waals surface area contributed by atoms with Crippen molar-refractivity contribution in [3.63, 3.8) is 0 Å². The fraction of sp³-hybridized carbons (Fsp3) is 0.462. The standard InChI is InChI=1S/C26H30ClN3O5S/c1-26(2,3)21(29-25(34)35)15-9-7-14(8-10-15)13-30-23(32)16-5-4-6-17(20(16)24(30)33)28-22(31)18-11-12-19(27)36-18/h4-6,11-12,14-15,21,29H,7-10,13H2,1-3H3,(H,28,31)(H,34,35). The van der Waals surface area contributed by atoms with Gasteiger partial charge >= 0.3 is 6.09 Å². The Balaban J connectivity index is 1.43. The molecule has 4 rings (SSSR count). The van der Waals surface area contributed by atoms with Crippen molar-refractivity contribution in [1.82, 2.24) is 10.2 Å². The van der Waals surface area contributed by atoms with Crippen molar-refractivity contribution in [2.24, 2.45) is 17.3 Å². The number of carboxylic acid groups (broad SMARTS) is 1. The monoisotopic (exact) mass is 531 g/mol. The van der Waals surface area contributed by atoms with E-state index in [9.17, 15) is 24.3 Å². The molecule has 1 aromatic heterocycles. The van der Waals surface area contributed by atoms with Crippen LogP contribution in [0.15, 0.2) is 30.3 Å². The van der Waals surface area contributed by atoms with Gasteiger partial charge in [-0.25, -0.2) is 4.79 Å². The normalized spacial score (nSPS) is 20.7. The number of hydrogen-bond donors (Lipinski definition) is 3. The molecule has 1 fully saturated rings. The number of rotatable bonds is 6. The molecule has 4 amide bonds. The minimum absolute atomic E-state index is 0.139. The lowest BCUT2D eigenvalue weighted by atomic mass is 9.71. The quantitative estimate of drug-likeness (QED) is 0.411. The van der Waals surface area contributed by atoms with E-state index in [4.69, 9.17) is 11.6 Å². The first-order valence-corrected chi connectivity index (χ1v) is 13.2. The molecule has 1 aromatic carbocycles. The summed E-state index contributed by atoms with van der Waals surface area (Å²) in [6, 6.07) is 7.95. The number of nitrogens with zero attached hydrogens (tertiary/aromatic N) is 1. The summed E-state index contributed by atoms with van der Waals surface area (Å²) in [5, 5.41) is 14.7. The lowest BCUT2D eigenvalue weighted by Gasteiger charge is -2.40. The number of anilines is 1. The lowest BCUT2D eigenvalue weighted by molar-refractivity contribution is 0.0594. The average molecular weight is 532 g/mol. The Morgan fingerprint density at radius 3 is 2.39 bits per heavy atom. The second-order valence-electron chi connectivity index (χ2n) is 10.6. The van der Waals surface area contributed by atoms with Crippen LogP contribution in [0.2, 0.25) is 4.34 Å². The second-order valence-corrected chi connectivity index (χ2v) is 12.3. The predicted molar refractivity (Wildman–Crippen MR) is 139 cm³/mol. The summed E-state index contributed by atoms with van der Waals surface area (Å²) in [4.78, 5) is 52.1. The Hall–Kier alpha value is -2.91. The highest BCUT2D eigenvalue weighted by Gasteiger charge is 2.41. The molecule has 8 nitrogen and oxygen atoms in total. The first-order valence-electron chi connectivity index (χ1n) is 12.0. The summed E-state index contributed by atoms with van der Waals surface area (Å²) >= 11 is 7.06. The number of imide groups is 1. The second kappa shape index (κ2) is 10.2. The third-order valence-corrected chi connectivity index (χ3v) is 8.29. The van der Waals surface area contributed by atoms with Gasteiger partial charge in [0, 0.05) is 12.6 Å². The molecule has 1 aliphatic carbocycles. The third-order valence-electron chi connectivity index (χ3n) is 7.06. The Labute approximate surface area is 219 Å². The molecule has 10 heteroatoms. The Morgan fingerprint density at radius 1 is 1.11 bits per heavy atom. The molecule has 1 saturated carbocycles. The molecule has 1 aliphatic heterocycles. The molecule has 3 N–H and O–H groups in total. The SMILES string of the molecule is CC(C)(C)C(NC(=O)O)C1CCC(CN2C(=O)c3cccc(NC(=O)c4ccc(Cl)s4)c3C2=O)CC1. The molecule has 36 heavy (non-hydrogen) atoms. The van der Waals surface area contributed by atoms with Crippen molar-refractivity contribution in [3.8, 4) is 0 Å². The van der Waals surface area contributed by atoms with Crippen LogP contribution < -0.4 is 10.6 Å². The van der Waals surface area contributed by atoms with Gasteiger partial charge in [-0.1, -0.05) is 38.4 Å². The van der Waals surface area contributed by atoms with E-state index in [1.807, 2.05) is 20.8 Å². The Morgan fingerprint density at radius 2 is 1.81 bits per heavy atom. The lowest BCUT2D eigenvalue weighted by Crippen LogP contribution is -2.49. The van der Waals surface area contributed by atoms with E-state index < -0.39 is 12.0 Å². The smallest absolute Gasteiger partial charge is 0.404 e. The maximum atomic E-state index is 13.3. The van der Waals surface area contributed by atoms with Crippen LogP contribution in [0.3, 0.4) is 0 Å². The predicted octanol–water partition coefficient (Wildman–Crippen LogP) is 5.74. The minimum atomic E-state index is -1.02. The van der Waals surface area contributed by atoms with Crippen molar-refractivity contribution in [3.05, 3.63) is 50.7 Å². The van der Waals surface area contributed by atoms with Gasteiger partial charge in [-0.3, -0.25) is 19.3 Å². The Kier molecular flexibility index (Phi) is 7.43. The summed E-state index contributed by atoms with van der Waals surface area (Å²) in [6.45, 7) is 6.39. The highest BCUT2D eigenvalue weighted by atomic mass is 35.5. The third kappa shape index (κ3) is 5.42. The van der Waals surface area contributed by atoms with E-state index in [-0.39, 0.29) is 46.2 Å². The summed E-state index contributed by atoms with van der Waals surface area (Å²) in [6.07, 6.45) is 2.22.